The number of benzene rings is 2. The summed E-state index contributed by atoms with van der Waals surface area (Å²) in [5.74, 6) is 5.24. The van der Waals surface area contributed by atoms with Gasteiger partial charge in [0.2, 0.25) is 0 Å². The van der Waals surface area contributed by atoms with E-state index in [2.05, 4.69) is 11.8 Å². The van der Waals surface area contributed by atoms with Crippen LogP contribution in [0.15, 0.2) is 42.5 Å². The maximum atomic E-state index is 13.1. The molecule has 0 atom stereocenters. The van der Waals surface area contributed by atoms with Crippen LogP contribution in [0.3, 0.4) is 0 Å². The number of para-hydroxylation sites is 1. The Labute approximate surface area is 127 Å². The van der Waals surface area contributed by atoms with Crippen molar-refractivity contribution in [1.82, 2.24) is 0 Å². The summed E-state index contributed by atoms with van der Waals surface area (Å²) in [6, 6.07) is 11.0. The van der Waals surface area contributed by atoms with E-state index in [0.29, 0.717) is 23.6 Å². The fraction of sp³-hybridized carbons (Fsp3) is 0.176. The zero-order valence-electron chi connectivity index (χ0n) is 11.2. The van der Waals surface area contributed by atoms with Gasteiger partial charge in [-0.3, -0.25) is 0 Å². The first kappa shape index (κ1) is 15.3. The lowest BCUT2D eigenvalue weighted by Gasteiger charge is -2.08. The first-order chi connectivity index (χ1) is 10.2. The van der Waals surface area contributed by atoms with Gasteiger partial charge in [0, 0.05) is 12.3 Å². The lowest BCUT2D eigenvalue weighted by atomic mass is 10.2. The fourth-order valence-electron chi connectivity index (χ4n) is 1.69. The van der Waals surface area contributed by atoms with E-state index in [9.17, 15) is 8.78 Å². The number of hydrogen-bond donors (Lipinski definition) is 0. The molecule has 2 aromatic rings. The smallest absolute Gasteiger partial charge is 0.159 e. The first-order valence-corrected chi connectivity index (χ1v) is 6.95. The summed E-state index contributed by atoms with van der Waals surface area (Å²) in [7, 11) is 0. The molecular weight excluding hydrogens is 294 g/mol. The minimum absolute atomic E-state index is 0.144. The summed E-state index contributed by atoms with van der Waals surface area (Å²) in [6.07, 6.45) is 0.596. The van der Waals surface area contributed by atoms with E-state index < -0.39 is 11.6 Å². The van der Waals surface area contributed by atoms with Crippen LogP contribution in [0.25, 0.3) is 0 Å². The van der Waals surface area contributed by atoms with Gasteiger partial charge in [-0.2, -0.15) is 0 Å². The maximum absolute atomic E-state index is 13.1. The molecule has 0 aliphatic rings. The van der Waals surface area contributed by atoms with Crippen LogP contribution in [0.5, 0.6) is 5.75 Å². The van der Waals surface area contributed by atoms with Crippen molar-refractivity contribution in [2.75, 3.05) is 5.88 Å². The molecule has 0 N–H and O–H groups in total. The molecule has 0 aliphatic heterocycles. The second kappa shape index (κ2) is 7.66. The fourth-order valence-corrected chi connectivity index (χ4v) is 1.79. The summed E-state index contributed by atoms with van der Waals surface area (Å²) in [4.78, 5) is 0. The SMILES string of the molecule is Fc1ccc(COc2ccccc2C#CCCCl)cc1F. The van der Waals surface area contributed by atoms with Crippen LogP contribution in [-0.4, -0.2) is 5.88 Å². The summed E-state index contributed by atoms with van der Waals surface area (Å²) in [5, 5.41) is 0. The van der Waals surface area contributed by atoms with Crippen LogP contribution < -0.4 is 4.74 Å². The Balaban J connectivity index is 2.09. The van der Waals surface area contributed by atoms with Crippen molar-refractivity contribution < 1.29 is 13.5 Å². The van der Waals surface area contributed by atoms with Gasteiger partial charge >= 0.3 is 0 Å². The van der Waals surface area contributed by atoms with Crippen LogP contribution in [0.4, 0.5) is 8.78 Å². The highest BCUT2D eigenvalue weighted by molar-refractivity contribution is 6.18. The third-order valence-corrected chi connectivity index (χ3v) is 2.90. The Morgan fingerprint density at radius 1 is 1.05 bits per heavy atom. The van der Waals surface area contributed by atoms with Gasteiger partial charge in [-0.25, -0.2) is 8.78 Å². The van der Waals surface area contributed by atoms with Crippen LogP contribution in [0.2, 0.25) is 0 Å². The van der Waals surface area contributed by atoms with E-state index in [0.717, 1.165) is 17.7 Å². The Kier molecular flexibility index (Phi) is 5.59. The molecule has 21 heavy (non-hydrogen) atoms. The molecule has 1 nitrogen and oxygen atoms in total. The molecule has 0 amide bonds. The van der Waals surface area contributed by atoms with E-state index in [1.165, 1.54) is 6.07 Å². The number of rotatable bonds is 4. The first-order valence-electron chi connectivity index (χ1n) is 6.41. The van der Waals surface area contributed by atoms with Gasteiger partial charge in [0.15, 0.2) is 11.6 Å². The molecule has 2 rings (SSSR count). The van der Waals surface area contributed by atoms with Crippen molar-refractivity contribution in [2.45, 2.75) is 13.0 Å². The standard InChI is InChI=1S/C17H13ClF2O/c18-10-4-3-6-14-5-1-2-7-17(14)21-12-13-8-9-15(19)16(20)11-13/h1-2,5,7-9,11H,4,10,12H2. The van der Waals surface area contributed by atoms with E-state index in [1.807, 2.05) is 18.2 Å². The molecule has 0 aliphatic carbocycles. The summed E-state index contributed by atoms with van der Waals surface area (Å²) < 4.78 is 31.6. The zero-order chi connectivity index (χ0) is 15.1. The number of ether oxygens (including phenoxy) is 1. The molecule has 2 aromatic carbocycles. The second-order valence-corrected chi connectivity index (χ2v) is 4.65. The van der Waals surface area contributed by atoms with E-state index in [4.69, 9.17) is 16.3 Å². The Bertz CT molecular complexity index is 674. The maximum Gasteiger partial charge on any atom is 0.159 e. The number of halogens is 3. The van der Waals surface area contributed by atoms with E-state index in [-0.39, 0.29) is 6.61 Å². The Hall–Kier alpha value is -2.05. The highest BCUT2D eigenvalue weighted by atomic mass is 35.5. The zero-order valence-corrected chi connectivity index (χ0v) is 12.0. The van der Waals surface area contributed by atoms with E-state index >= 15 is 0 Å². The number of hydrogen-bond acceptors (Lipinski definition) is 1. The molecule has 0 saturated heterocycles. The van der Waals surface area contributed by atoms with Gasteiger partial charge in [-0.1, -0.05) is 30.0 Å². The van der Waals surface area contributed by atoms with Crippen LogP contribution in [0.1, 0.15) is 17.5 Å². The van der Waals surface area contributed by atoms with Crippen LogP contribution >= 0.6 is 11.6 Å². The molecule has 0 heterocycles. The molecule has 4 heteroatoms. The van der Waals surface area contributed by atoms with Crippen molar-refractivity contribution in [2.24, 2.45) is 0 Å². The van der Waals surface area contributed by atoms with Gasteiger partial charge in [0.25, 0.3) is 0 Å². The molecule has 0 fully saturated rings. The molecule has 108 valence electrons. The second-order valence-electron chi connectivity index (χ2n) is 4.27. The average Bonchev–Trinajstić information content (AvgIpc) is 2.50. The topological polar surface area (TPSA) is 9.23 Å². The molecule has 0 unspecified atom stereocenters. The summed E-state index contributed by atoms with van der Waals surface area (Å²) in [5.41, 5.74) is 1.29. The summed E-state index contributed by atoms with van der Waals surface area (Å²) in [6.45, 7) is 0.144. The summed E-state index contributed by atoms with van der Waals surface area (Å²) >= 11 is 5.58. The highest BCUT2D eigenvalue weighted by Crippen LogP contribution is 2.19. The Morgan fingerprint density at radius 3 is 2.62 bits per heavy atom. The largest absolute Gasteiger partial charge is 0.488 e. The predicted molar refractivity (Wildman–Crippen MR) is 79.3 cm³/mol. The van der Waals surface area contributed by atoms with Crippen molar-refractivity contribution in [3.8, 4) is 17.6 Å². The van der Waals surface area contributed by atoms with Crippen molar-refractivity contribution in [1.29, 1.82) is 0 Å². The van der Waals surface area contributed by atoms with Crippen molar-refractivity contribution in [3.63, 3.8) is 0 Å². The number of alkyl halides is 1. The predicted octanol–water partition coefficient (Wildman–Crippen LogP) is 4.52. The molecule has 0 spiro atoms. The van der Waals surface area contributed by atoms with Gasteiger partial charge < -0.3 is 4.74 Å². The minimum Gasteiger partial charge on any atom is -0.488 e. The third-order valence-electron chi connectivity index (χ3n) is 2.71. The monoisotopic (exact) mass is 306 g/mol. The van der Waals surface area contributed by atoms with Crippen molar-refractivity contribution in [3.05, 3.63) is 65.2 Å². The molecule has 0 aromatic heterocycles. The van der Waals surface area contributed by atoms with Crippen molar-refractivity contribution >= 4 is 11.6 Å². The molecule has 0 saturated carbocycles. The van der Waals surface area contributed by atoms with Gasteiger partial charge in [0.1, 0.15) is 12.4 Å². The minimum atomic E-state index is -0.883. The third kappa shape index (κ3) is 4.47. The molecular formula is C17H13ClF2O. The lowest BCUT2D eigenvalue weighted by molar-refractivity contribution is 0.304. The highest BCUT2D eigenvalue weighted by Gasteiger charge is 2.05. The van der Waals surface area contributed by atoms with Crippen LogP contribution in [0, 0.1) is 23.5 Å². The average molecular weight is 307 g/mol. The Morgan fingerprint density at radius 2 is 1.86 bits per heavy atom. The van der Waals surface area contributed by atoms with Crippen LogP contribution in [-0.2, 0) is 6.61 Å². The molecule has 0 bridgehead atoms. The quantitative estimate of drug-likeness (QED) is 0.596. The van der Waals surface area contributed by atoms with Gasteiger partial charge in [-0.15, -0.1) is 11.6 Å². The normalized spacial score (nSPS) is 9.86. The molecule has 0 radical (unpaired) electrons. The lowest BCUT2D eigenvalue weighted by Crippen LogP contribution is -1.98. The van der Waals surface area contributed by atoms with Gasteiger partial charge in [0.05, 0.1) is 5.56 Å². The van der Waals surface area contributed by atoms with Gasteiger partial charge in [-0.05, 0) is 29.8 Å². The van der Waals surface area contributed by atoms with E-state index in [1.54, 1.807) is 6.07 Å².